The second-order valence-corrected chi connectivity index (χ2v) is 7.52. The van der Waals surface area contributed by atoms with Gasteiger partial charge in [0, 0.05) is 11.3 Å². The molecule has 5 aromatic rings. The van der Waals surface area contributed by atoms with E-state index in [9.17, 15) is 4.79 Å². The van der Waals surface area contributed by atoms with Crippen molar-refractivity contribution in [2.75, 3.05) is 0 Å². The molecule has 1 N–H and O–H groups in total. The number of nitrogens with one attached hydrogen (secondary N) is 1. The Bertz CT molecular complexity index is 1250. The highest BCUT2D eigenvalue weighted by Crippen LogP contribution is 2.21. The Hall–Kier alpha value is -3.51. The monoisotopic (exact) mass is 384 g/mol. The van der Waals surface area contributed by atoms with E-state index in [0.717, 1.165) is 31.9 Å². The maximum absolute atomic E-state index is 12.5. The molecule has 0 unspecified atom stereocenters. The summed E-state index contributed by atoms with van der Waals surface area (Å²) in [6, 6.07) is 23.5. The van der Waals surface area contributed by atoms with E-state index < -0.39 is 0 Å². The normalized spacial score (nSPS) is 11.1. The molecule has 1 amide bonds. The minimum atomic E-state index is -0.110. The van der Waals surface area contributed by atoms with Gasteiger partial charge in [-0.25, -0.2) is 9.97 Å². The number of rotatable bonds is 4. The number of nitrogens with zero attached hydrogens (tertiary/aromatic N) is 3. The number of para-hydroxylation sites is 3. The molecular weight excluding hydrogens is 368 g/mol. The third-order valence-corrected chi connectivity index (χ3v) is 5.64. The van der Waals surface area contributed by atoms with Crippen molar-refractivity contribution in [2.24, 2.45) is 0 Å². The first-order valence-corrected chi connectivity index (χ1v) is 9.75. The molecule has 0 bridgehead atoms. The Morgan fingerprint density at radius 3 is 2.50 bits per heavy atom. The summed E-state index contributed by atoms with van der Waals surface area (Å²) in [5.74, 6) is -0.110. The molecule has 2 aromatic heterocycles. The van der Waals surface area contributed by atoms with E-state index in [4.69, 9.17) is 0 Å². The molecular formula is C22H16N4OS. The van der Waals surface area contributed by atoms with Crippen LogP contribution in [-0.2, 0) is 6.54 Å². The summed E-state index contributed by atoms with van der Waals surface area (Å²) >= 11 is 1.60. The number of aromatic nitrogens is 3. The van der Waals surface area contributed by atoms with Gasteiger partial charge >= 0.3 is 0 Å². The van der Waals surface area contributed by atoms with Crippen LogP contribution in [0.3, 0.4) is 0 Å². The lowest BCUT2D eigenvalue weighted by molar-refractivity contribution is 0.0951. The standard InChI is InChI=1S/C22H16N4OS/c27-22(23-13-21-25-18-6-2-4-8-20(18)28-21)15-9-11-16(12-10-15)26-14-24-17-5-1-3-7-19(17)26/h1-12,14H,13H2,(H,23,27). The third kappa shape index (κ3) is 3.04. The molecule has 3 aromatic carbocycles. The minimum Gasteiger partial charge on any atom is -0.346 e. The van der Waals surface area contributed by atoms with Crippen molar-refractivity contribution >= 4 is 38.5 Å². The van der Waals surface area contributed by atoms with Crippen molar-refractivity contribution < 1.29 is 4.79 Å². The predicted molar refractivity (Wildman–Crippen MR) is 112 cm³/mol. The van der Waals surface area contributed by atoms with Crippen LogP contribution in [0.25, 0.3) is 26.9 Å². The predicted octanol–water partition coefficient (Wildman–Crippen LogP) is 4.57. The number of carbonyl (C=O) groups excluding carboxylic acids is 1. The molecule has 0 saturated heterocycles. The maximum Gasteiger partial charge on any atom is 0.251 e. The van der Waals surface area contributed by atoms with Gasteiger partial charge in [0.25, 0.3) is 5.91 Å². The molecule has 0 saturated carbocycles. The molecule has 0 aliphatic rings. The van der Waals surface area contributed by atoms with E-state index in [1.54, 1.807) is 17.7 Å². The fraction of sp³-hybridized carbons (Fsp3) is 0.0455. The highest BCUT2D eigenvalue weighted by atomic mass is 32.1. The fourth-order valence-electron chi connectivity index (χ4n) is 3.19. The van der Waals surface area contributed by atoms with Gasteiger partial charge in [0.05, 0.1) is 27.8 Å². The molecule has 0 radical (unpaired) electrons. The van der Waals surface area contributed by atoms with Gasteiger partial charge in [0.15, 0.2) is 0 Å². The molecule has 0 aliphatic carbocycles. The SMILES string of the molecule is O=C(NCc1nc2ccccc2s1)c1ccc(-n2cnc3ccccc32)cc1. The average molecular weight is 384 g/mol. The smallest absolute Gasteiger partial charge is 0.251 e. The number of hydrogen-bond donors (Lipinski definition) is 1. The average Bonchev–Trinajstić information content (AvgIpc) is 3.36. The van der Waals surface area contributed by atoms with Crippen molar-refractivity contribution in [3.8, 4) is 5.69 Å². The summed E-state index contributed by atoms with van der Waals surface area (Å²) in [7, 11) is 0. The summed E-state index contributed by atoms with van der Waals surface area (Å²) < 4.78 is 3.14. The number of benzene rings is 3. The molecule has 5 rings (SSSR count). The minimum absolute atomic E-state index is 0.110. The number of amides is 1. The van der Waals surface area contributed by atoms with Crippen molar-refractivity contribution in [1.29, 1.82) is 0 Å². The Kier molecular flexibility index (Phi) is 4.10. The van der Waals surface area contributed by atoms with Crippen molar-refractivity contribution in [1.82, 2.24) is 19.9 Å². The molecule has 28 heavy (non-hydrogen) atoms. The molecule has 0 aliphatic heterocycles. The second kappa shape index (κ2) is 6.90. The number of hydrogen-bond acceptors (Lipinski definition) is 4. The Balaban J connectivity index is 1.31. The zero-order valence-electron chi connectivity index (χ0n) is 14.9. The molecule has 6 heteroatoms. The third-order valence-electron chi connectivity index (χ3n) is 4.60. The molecule has 136 valence electrons. The van der Waals surface area contributed by atoms with Gasteiger partial charge < -0.3 is 5.32 Å². The highest BCUT2D eigenvalue weighted by Gasteiger charge is 2.09. The molecule has 0 spiro atoms. The van der Waals surface area contributed by atoms with Crippen LogP contribution in [0.1, 0.15) is 15.4 Å². The first kappa shape index (κ1) is 16.6. The lowest BCUT2D eigenvalue weighted by Gasteiger charge is -2.07. The maximum atomic E-state index is 12.5. The van der Waals surface area contributed by atoms with Crippen molar-refractivity contribution in [2.45, 2.75) is 6.54 Å². The Labute approximate surface area is 165 Å². The molecule has 5 nitrogen and oxygen atoms in total. The van der Waals surface area contributed by atoms with Gasteiger partial charge in [-0.3, -0.25) is 9.36 Å². The molecule has 2 heterocycles. The largest absolute Gasteiger partial charge is 0.346 e. The van der Waals surface area contributed by atoms with E-state index in [1.165, 1.54) is 0 Å². The van der Waals surface area contributed by atoms with Crippen molar-refractivity contribution in [3.05, 3.63) is 89.7 Å². The number of imidazole rings is 1. The topological polar surface area (TPSA) is 59.8 Å². The Morgan fingerprint density at radius 1 is 0.929 bits per heavy atom. The van der Waals surface area contributed by atoms with Gasteiger partial charge in [0.1, 0.15) is 11.3 Å². The van der Waals surface area contributed by atoms with Crippen LogP contribution in [0, 0.1) is 0 Å². The van der Waals surface area contributed by atoms with E-state index in [-0.39, 0.29) is 5.91 Å². The summed E-state index contributed by atoms with van der Waals surface area (Å²) in [4.78, 5) is 21.5. The lowest BCUT2D eigenvalue weighted by Crippen LogP contribution is -2.22. The van der Waals surface area contributed by atoms with Crippen LogP contribution in [0.4, 0.5) is 0 Å². The van der Waals surface area contributed by atoms with Gasteiger partial charge in [-0.1, -0.05) is 24.3 Å². The van der Waals surface area contributed by atoms with Crippen LogP contribution < -0.4 is 5.32 Å². The highest BCUT2D eigenvalue weighted by molar-refractivity contribution is 7.18. The van der Waals surface area contributed by atoms with Gasteiger partial charge in [-0.2, -0.15) is 0 Å². The second-order valence-electron chi connectivity index (χ2n) is 6.41. The van der Waals surface area contributed by atoms with Gasteiger partial charge in [-0.05, 0) is 48.5 Å². The van der Waals surface area contributed by atoms with E-state index >= 15 is 0 Å². The summed E-state index contributed by atoms with van der Waals surface area (Å²) in [5, 5.41) is 3.85. The van der Waals surface area contributed by atoms with E-state index in [1.807, 2.05) is 77.4 Å². The van der Waals surface area contributed by atoms with E-state index in [2.05, 4.69) is 15.3 Å². The summed E-state index contributed by atoms with van der Waals surface area (Å²) in [6.45, 7) is 0.423. The number of thiazole rings is 1. The fourth-order valence-corrected chi connectivity index (χ4v) is 4.10. The number of carbonyl (C=O) groups is 1. The molecule has 0 atom stereocenters. The van der Waals surface area contributed by atoms with Crippen LogP contribution in [-0.4, -0.2) is 20.4 Å². The van der Waals surface area contributed by atoms with Crippen LogP contribution in [0.15, 0.2) is 79.1 Å². The number of fused-ring (bicyclic) bond motifs is 2. The Morgan fingerprint density at radius 2 is 1.68 bits per heavy atom. The zero-order chi connectivity index (χ0) is 18.9. The summed E-state index contributed by atoms with van der Waals surface area (Å²) in [5.41, 5.74) is 4.54. The van der Waals surface area contributed by atoms with E-state index in [0.29, 0.717) is 12.1 Å². The van der Waals surface area contributed by atoms with Crippen LogP contribution >= 0.6 is 11.3 Å². The van der Waals surface area contributed by atoms with Gasteiger partial charge in [0.2, 0.25) is 0 Å². The lowest BCUT2D eigenvalue weighted by atomic mass is 10.2. The summed E-state index contributed by atoms with van der Waals surface area (Å²) in [6.07, 6.45) is 1.80. The molecule has 0 fully saturated rings. The first-order valence-electron chi connectivity index (χ1n) is 8.93. The van der Waals surface area contributed by atoms with Crippen LogP contribution in [0.2, 0.25) is 0 Å². The zero-order valence-corrected chi connectivity index (χ0v) is 15.7. The van der Waals surface area contributed by atoms with Gasteiger partial charge in [-0.15, -0.1) is 11.3 Å². The first-order chi connectivity index (χ1) is 13.8. The van der Waals surface area contributed by atoms with Crippen molar-refractivity contribution in [3.63, 3.8) is 0 Å². The quantitative estimate of drug-likeness (QED) is 0.494. The van der Waals surface area contributed by atoms with Crippen LogP contribution in [0.5, 0.6) is 0 Å².